The Morgan fingerprint density at radius 3 is 2.70 bits per heavy atom. The van der Waals surface area contributed by atoms with Crippen molar-refractivity contribution < 1.29 is 4.79 Å². The highest BCUT2D eigenvalue weighted by atomic mass is 16.2. The molecule has 3 heterocycles. The van der Waals surface area contributed by atoms with Crippen LogP contribution in [0.3, 0.4) is 0 Å². The lowest BCUT2D eigenvalue weighted by atomic mass is 10.1. The molecule has 122 valence electrons. The van der Waals surface area contributed by atoms with Crippen LogP contribution in [0.25, 0.3) is 11.0 Å². The first kappa shape index (κ1) is 15.4. The van der Waals surface area contributed by atoms with Gasteiger partial charge in [0.25, 0.3) is 11.5 Å². The summed E-state index contributed by atoms with van der Waals surface area (Å²) in [5.74, 6) is -0.227. The number of pyridine rings is 1. The number of aromatic nitrogens is 3. The van der Waals surface area contributed by atoms with Crippen molar-refractivity contribution in [3.8, 4) is 0 Å². The van der Waals surface area contributed by atoms with Gasteiger partial charge in [0, 0.05) is 33.2 Å². The van der Waals surface area contributed by atoms with E-state index in [1.807, 2.05) is 0 Å². The van der Waals surface area contributed by atoms with E-state index in [1.165, 1.54) is 24.7 Å². The maximum atomic E-state index is 12.6. The van der Waals surface area contributed by atoms with Crippen molar-refractivity contribution in [1.29, 1.82) is 0 Å². The molecule has 0 bridgehead atoms. The van der Waals surface area contributed by atoms with Crippen molar-refractivity contribution >= 4 is 16.9 Å². The third-order valence-electron chi connectivity index (χ3n) is 4.27. The summed E-state index contributed by atoms with van der Waals surface area (Å²) >= 11 is 0. The number of piperidine rings is 1. The number of hydrogen-bond donors (Lipinski definition) is 1. The largest absolute Gasteiger partial charge is 0.336 e. The smallest absolute Gasteiger partial charge is 0.332 e. The molecule has 0 radical (unpaired) electrons. The maximum Gasteiger partial charge on any atom is 0.332 e. The van der Waals surface area contributed by atoms with Crippen LogP contribution >= 0.6 is 0 Å². The summed E-state index contributed by atoms with van der Waals surface area (Å²) in [5, 5.41) is 0.307. The maximum absolute atomic E-state index is 12.6. The Morgan fingerprint density at radius 2 is 2.00 bits per heavy atom. The Bertz CT molecular complexity index is 898. The van der Waals surface area contributed by atoms with Gasteiger partial charge in [0.05, 0.1) is 5.39 Å². The predicted octanol–water partition coefficient (Wildman–Crippen LogP) is -0.804. The molecule has 1 aliphatic heterocycles. The number of carbonyl (C=O) groups excluding carboxylic acids is 1. The van der Waals surface area contributed by atoms with E-state index in [9.17, 15) is 14.4 Å². The average Bonchev–Trinajstić information content (AvgIpc) is 2.57. The number of hydrogen-bond acceptors (Lipinski definition) is 5. The molecule has 0 aliphatic carbocycles. The summed E-state index contributed by atoms with van der Waals surface area (Å²) in [7, 11) is 2.94. The molecule has 8 nitrogen and oxygen atoms in total. The lowest BCUT2D eigenvalue weighted by molar-refractivity contribution is 0.0703. The molecule has 2 aromatic heterocycles. The van der Waals surface area contributed by atoms with E-state index in [4.69, 9.17) is 5.73 Å². The number of rotatable bonds is 1. The van der Waals surface area contributed by atoms with Crippen molar-refractivity contribution in [3.63, 3.8) is 0 Å². The molecule has 1 aliphatic rings. The van der Waals surface area contributed by atoms with Crippen LogP contribution in [0.15, 0.2) is 21.7 Å². The third kappa shape index (κ3) is 2.55. The number of fused-ring (bicyclic) bond motifs is 1. The molecule has 1 fully saturated rings. The molecule has 2 N–H and O–H groups in total. The number of aryl methyl sites for hydroxylation is 1. The number of carbonyl (C=O) groups is 1. The molecule has 1 atom stereocenters. The fraction of sp³-hybridized carbons (Fsp3) is 0.467. The minimum absolute atomic E-state index is 0.0233. The van der Waals surface area contributed by atoms with E-state index in [1.54, 1.807) is 11.0 Å². The van der Waals surface area contributed by atoms with Gasteiger partial charge in [0.1, 0.15) is 11.3 Å². The first-order valence-electron chi connectivity index (χ1n) is 7.52. The van der Waals surface area contributed by atoms with Crippen molar-refractivity contribution in [2.75, 3.05) is 13.1 Å². The van der Waals surface area contributed by atoms with Crippen LogP contribution < -0.4 is 17.0 Å². The summed E-state index contributed by atoms with van der Waals surface area (Å²) in [6, 6.07) is 3.04. The highest BCUT2D eigenvalue weighted by Gasteiger charge is 2.24. The lowest BCUT2D eigenvalue weighted by Crippen LogP contribution is -2.46. The normalized spacial score (nSPS) is 18.4. The van der Waals surface area contributed by atoms with Gasteiger partial charge in [0.15, 0.2) is 0 Å². The molecule has 1 amide bonds. The van der Waals surface area contributed by atoms with E-state index in [-0.39, 0.29) is 23.3 Å². The molecule has 8 heteroatoms. The second-order valence-corrected chi connectivity index (χ2v) is 5.93. The van der Waals surface area contributed by atoms with Gasteiger partial charge < -0.3 is 10.6 Å². The minimum atomic E-state index is -0.473. The van der Waals surface area contributed by atoms with Crippen LogP contribution in [-0.2, 0) is 14.1 Å². The summed E-state index contributed by atoms with van der Waals surface area (Å²) in [4.78, 5) is 42.6. The molecule has 0 spiro atoms. The van der Waals surface area contributed by atoms with Gasteiger partial charge in [0.2, 0.25) is 0 Å². The van der Waals surface area contributed by atoms with E-state index < -0.39 is 11.2 Å². The molecule has 0 saturated carbocycles. The fourth-order valence-electron chi connectivity index (χ4n) is 2.93. The highest BCUT2D eigenvalue weighted by molar-refractivity contribution is 5.94. The van der Waals surface area contributed by atoms with Crippen molar-refractivity contribution in [1.82, 2.24) is 19.0 Å². The Morgan fingerprint density at radius 1 is 1.26 bits per heavy atom. The van der Waals surface area contributed by atoms with Gasteiger partial charge in [-0.15, -0.1) is 0 Å². The van der Waals surface area contributed by atoms with E-state index in [0.29, 0.717) is 18.5 Å². The van der Waals surface area contributed by atoms with Gasteiger partial charge in [-0.3, -0.25) is 18.7 Å². The molecule has 0 aromatic carbocycles. The van der Waals surface area contributed by atoms with Crippen LogP contribution in [0, 0.1) is 0 Å². The van der Waals surface area contributed by atoms with Gasteiger partial charge in [-0.25, -0.2) is 9.78 Å². The number of likely N-dealkylation sites (tertiary alicyclic amines) is 1. The molecular formula is C15H19N5O3. The fourth-order valence-corrected chi connectivity index (χ4v) is 2.93. The molecular weight excluding hydrogens is 298 g/mol. The van der Waals surface area contributed by atoms with Gasteiger partial charge >= 0.3 is 5.69 Å². The van der Waals surface area contributed by atoms with Gasteiger partial charge in [-0.2, -0.15) is 0 Å². The van der Waals surface area contributed by atoms with E-state index in [0.717, 1.165) is 17.4 Å². The summed E-state index contributed by atoms with van der Waals surface area (Å²) < 4.78 is 2.30. The van der Waals surface area contributed by atoms with E-state index >= 15 is 0 Å². The van der Waals surface area contributed by atoms with Crippen molar-refractivity contribution in [3.05, 3.63) is 38.7 Å². The second kappa shape index (κ2) is 5.62. The minimum Gasteiger partial charge on any atom is -0.336 e. The summed E-state index contributed by atoms with van der Waals surface area (Å²) in [6.07, 6.45) is 1.76. The average molecular weight is 317 g/mol. The Kier molecular flexibility index (Phi) is 3.77. The lowest BCUT2D eigenvalue weighted by Gasteiger charge is -2.30. The third-order valence-corrected chi connectivity index (χ3v) is 4.27. The summed E-state index contributed by atoms with van der Waals surface area (Å²) in [6.45, 7) is 1.13. The van der Waals surface area contributed by atoms with Gasteiger partial charge in [-0.1, -0.05) is 0 Å². The van der Waals surface area contributed by atoms with Crippen molar-refractivity contribution in [2.24, 2.45) is 19.8 Å². The Hall–Kier alpha value is -2.48. The monoisotopic (exact) mass is 317 g/mol. The Labute approximate surface area is 132 Å². The highest BCUT2D eigenvalue weighted by Crippen LogP contribution is 2.13. The quantitative estimate of drug-likeness (QED) is 0.741. The summed E-state index contributed by atoms with van der Waals surface area (Å²) in [5.41, 5.74) is 5.44. The second-order valence-electron chi connectivity index (χ2n) is 5.93. The Balaban J connectivity index is 2.08. The van der Waals surface area contributed by atoms with Crippen LogP contribution in [-0.4, -0.2) is 44.1 Å². The number of amides is 1. The van der Waals surface area contributed by atoms with E-state index in [2.05, 4.69) is 4.98 Å². The first-order chi connectivity index (χ1) is 10.9. The standard InChI is InChI=1S/C15H19N5O3/c1-18-12-10(13(21)19(2)15(18)23)5-6-11(17-12)14(22)20-7-3-4-9(16)8-20/h5-6,9H,3-4,7-8,16H2,1-2H3/t9-/m0/s1. The molecule has 2 aromatic rings. The zero-order valence-corrected chi connectivity index (χ0v) is 13.2. The first-order valence-corrected chi connectivity index (χ1v) is 7.52. The molecule has 0 unspecified atom stereocenters. The zero-order chi connectivity index (χ0) is 16.7. The van der Waals surface area contributed by atoms with Crippen LogP contribution in [0.4, 0.5) is 0 Å². The molecule has 23 heavy (non-hydrogen) atoms. The molecule has 1 saturated heterocycles. The molecule has 3 rings (SSSR count). The number of nitrogens with two attached hydrogens (primary N) is 1. The van der Waals surface area contributed by atoms with Crippen LogP contribution in [0.5, 0.6) is 0 Å². The van der Waals surface area contributed by atoms with Crippen LogP contribution in [0.1, 0.15) is 23.3 Å². The SMILES string of the molecule is Cn1c(=O)c2ccc(C(=O)N3CCC[C@H](N)C3)nc2n(C)c1=O. The topological polar surface area (TPSA) is 103 Å². The zero-order valence-electron chi connectivity index (χ0n) is 13.2. The van der Waals surface area contributed by atoms with Gasteiger partial charge in [-0.05, 0) is 25.0 Å². The van der Waals surface area contributed by atoms with Crippen LogP contribution in [0.2, 0.25) is 0 Å². The number of nitrogens with zero attached hydrogens (tertiary/aromatic N) is 4. The van der Waals surface area contributed by atoms with Crippen molar-refractivity contribution in [2.45, 2.75) is 18.9 Å². The predicted molar refractivity (Wildman–Crippen MR) is 85.3 cm³/mol.